The Balaban J connectivity index is 1.50. The van der Waals surface area contributed by atoms with Gasteiger partial charge in [0.15, 0.2) is 22.3 Å². The number of hydrogen-bond acceptors (Lipinski definition) is 14. The van der Waals surface area contributed by atoms with Gasteiger partial charge in [-0.2, -0.15) is 0 Å². The number of aliphatic hydroxyl groups excluding tert-OH is 1. The zero-order valence-corrected chi connectivity index (χ0v) is 41.7. The molecule has 15 nitrogen and oxygen atoms in total. The van der Waals surface area contributed by atoms with E-state index in [1.165, 1.54) is 34.1 Å². The largest absolute Gasteiger partial charge is 0.505 e. The first-order valence-electron chi connectivity index (χ1n) is 23.6. The summed E-state index contributed by atoms with van der Waals surface area (Å²) in [6.45, 7) is 24.0. The number of anilines is 1. The number of methoxy groups -OCH3 is 1. The number of carbonyl (C=O) groups is 3. The van der Waals surface area contributed by atoms with Crippen LogP contribution in [0, 0.1) is 41.9 Å². The molecule has 0 unspecified atom stereocenters. The summed E-state index contributed by atoms with van der Waals surface area (Å²) in [5.74, 6) is -5.46. The molecule has 0 aliphatic carbocycles. The Labute approximate surface area is 398 Å². The lowest BCUT2D eigenvalue weighted by atomic mass is 9.73. The summed E-state index contributed by atoms with van der Waals surface area (Å²) < 4.78 is 36.8. The number of rotatable bonds is 9. The first kappa shape index (κ1) is 51.6. The van der Waals surface area contributed by atoms with E-state index in [0.717, 1.165) is 19.4 Å². The Morgan fingerprint density at radius 2 is 1.71 bits per heavy atom. The number of benzene rings is 3. The second-order valence-electron chi connectivity index (χ2n) is 20.0. The van der Waals surface area contributed by atoms with Gasteiger partial charge < -0.3 is 48.9 Å². The number of phenolic OH excluding ortho intramolecular Hbond substituents is 1. The second kappa shape index (κ2) is 20.8. The molecule has 0 saturated heterocycles. The third-order valence-electron chi connectivity index (χ3n) is 13.7. The molecule has 0 radical (unpaired) electrons. The highest BCUT2D eigenvalue weighted by Gasteiger charge is 2.49. The number of allylic oxidation sites excluding steroid dienone is 2. The predicted octanol–water partition coefficient (Wildman–Crippen LogP) is 9.07. The van der Waals surface area contributed by atoms with Gasteiger partial charge in [0.05, 0.1) is 29.4 Å². The molecular weight excluding hydrogens is 871 g/mol. The lowest BCUT2D eigenvalue weighted by Gasteiger charge is -2.39. The Morgan fingerprint density at radius 3 is 2.38 bits per heavy atom. The number of nitrogens with one attached hydrogen (secondary N) is 2. The standard InChI is InChI=1S/C53H69N3O12/c1-27-16-14-17-28(2)51(62)56-43-46(60)40-39(42-49(43)67-38-26-35(18-19-36(38)55-42)64-25-23-54-22-15-21-52(9,10)11)41-48(33(7)45(40)59)68-53(12,50(41)61)65-24-20-37(63-13)32(6)47(66-34(8)57)31(5)29(3)30(4)44(27)58/h14,16-20,24,26-27,29-32,37,44,47,54,58,60H,15,21-23,25H2,1-13H3,(H,56,62)/b16-14+,24-20+,28-17-/t27-,29+,30-,31+,32+,37-,44-,47-,53-/m0/s1. The maximum Gasteiger partial charge on any atom is 0.312 e. The number of Topliss-reactive ketones (excluding diaryl/α,β-unsaturated/α-hetero) is 1. The van der Waals surface area contributed by atoms with Crippen LogP contribution in [-0.2, 0) is 23.8 Å². The quantitative estimate of drug-likeness (QED) is 0.0406. The van der Waals surface area contributed by atoms with E-state index in [1.54, 1.807) is 49.4 Å². The molecule has 368 valence electrons. The van der Waals surface area contributed by atoms with Crippen molar-refractivity contribution in [1.82, 2.24) is 10.3 Å². The monoisotopic (exact) mass is 939 g/mol. The van der Waals surface area contributed by atoms with Crippen molar-refractivity contribution in [1.29, 1.82) is 0 Å². The molecule has 0 saturated carbocycles. The number of amides is 1. The number of esters is 1. The molecule has 1 aromatic heterocycles. The van der Waals surface area contributed by atoms with Gasteiger partial charge in [0.2, 0.25) is 0 Å². The average molecular weight is 940 g/mol. The number of hydrogen-bond donors (Lipinski definition) is 4. The van der Waals surface area contributed by atoms with Gasteiger partial charge in [0, 0.05) is 61.9 Å². The van der Waals surface area contributed by atoms with Crippen molar-refractivity contribution in [2.45, 2.75) is 120 Å². The average Bonchev–Trinajstić information content (AvgIpc) is 3.55. The third-order valence-corrected chi connectivity index (χ3v) is 13.7. The lowest BCUT2D eigenvalue weighted by molar-refractivity contribution is -0.157. The highest BCUT2D eigenvalue weighted by molar-refractivity contribution is 6.26. The summed E-state index contributed by atoms with van der Waals surface area (Å²) in [7, 11) is 1.51. The zero-order valence-electron chi connectivity index (χ0n) is 41.7. The van der Waals surface area contributed by atoms with Crippen LogP contribution in [0.2, 0.25) is 0 Å². The van der Waals surface area contributed by atoms with Crippen molar-refractivity contribution in [2.24, 2.45) is 35.0 Å². The summed E-state index contributed by atoms with van der Waals surface area (Å²) in [5.41, 5.74) is -0.0305. The fourth-order valence-electron chi connectivity index (χ4n) is 9.20. The van der Waals surface area contributed by atoms with E-state index < -0.39 is 58.9 Å². The summed E-state index contributed by atoms with van der Waals surface area (Å²) in [4.78, 5) is 60.7. The van der Waals surface area contributed by atoms with Gasteiger partial charge in [-0.25, -0.2) is 4.98 Å². The number of nitrogens with zero attached hydrogens (tertiary/aromatic N) is 1. The molecule has 2 aliphatic rings. The van der Waals surface area contributed by atoms with E-state index in [4.69, 9.17) is 33.1 Å². The highest BCUT2D eigenvalue weighted by atomic mass is 16.7. The van der Waals surface area contributed by atoms with Crippen LogP contribution in [-0.4, -0.2) is 83.8 Å². The topological polar surface area (TPSA) is 205 Å². The van der Waals surface area contributed by atoms with E-state index in [1.807, 2.05) is 34.6 Å². The summed E-state index contributed by atoms with van der Waals surface area (Å²) in [6.07, 6.45) is 7.90. The van der Waals surface area contributed by atoms with Gasteiger partial charge in [-0.15, -0.1) is 0 Å². The lowest BCUT2D eigenvalue weighted by Crippen LogP contribution is -2.43. The first-order chi connectivity index (χ1) is 32.0. The fourth-order valence-corrected chi connectivity index (χ4v) is 9.20. The number of aliphatic hydroxyl groups is 1. The van der Waals surface area contributed by atoms with Crippen LogP contribution >= 0.6 is 0 Å². The van der Waals surface area contributed by atoms with Gasteiger partial charge >= 0.3 is 11.8 Å². The van der Waals surface area contributed by atoms with Crippen molar-refractivity contribution >= 4 is 56.3 Å². The molecule has 0 fully saturated rings. The molecule has 15 heteroatoms. The number of carbonyl (C=O) groups excluding carboxylic acids is 3. The van der Waals surface area contributed by atoms with Gasteiger partial charge in [-0.05, 0) is 74.6 Å². The minimum absolute atomic E-state index is 0.000122. The van der Waals surface area contributed by atoms with Crippen LogP contribution in [0.4, 0.5) is 5.69 Å². The number of aromatic hydroxyl groups is 1. The normalized spacial score (nSPS) is 27.9. The van der Waals surface area contributed by atoms with E-state index in [-0.39, 0.29) is 84.7 Å². The van der Waals surface area contributed by atoms with E-state index in [9.17, 15) is 29.4 Å². The van der Waals surface area contributed by atoms with Crippen molar-refractivity contribution in [3.05, 3.63) is 75.7 Å². The molecule has 3 heterocycles. The number of phenols is 1. The molecule has 4 bridgehead atoms. The van der Waals surface area contributed by atoms with Crippen molar-refractivity contribution in [2.75, 3.05) is 32.1 Å². The Bertz CT molecular complexity index is 2710. The third kappa shape index (κ3) is 10.7. The van der Waals surface area contributed by atoms with Crippen LogP contribution in [0.5, 0.6) is 17.2 Å². The molecule has 1 amide bonds. The van der Waals surface area contributed by atoms with Crippen LogP contribution in [0.3, 0.4) is 0 Å². The maximum absolute atomic E-state index is 14.8. The molecule has 6 rings (SSSR count). The maximum atomic E-state index is 14.8. The molecular formula is C53H69N3O12. The fraction of sp³-hybridized carbons (Fsp3) is 0.528. The molecule has 0 spiro atoms. The van der Waals surface area contributed by atoms with E-state index in [0.29, 0.717) is 24.4 Å². The number of ether oxygens (including phenoxy) is 5. The number of aromatic nitrogens is 1. The number of fused-ring (bicyclic) bond motifs is 2. The van der Waals surface area contributed by atoms with Crippen molar-refractivity contribution in [3.63, 3.8) is 0 Å². The Hall–Kier alpha value is -5.77. The highest BCUT2D eigenvalue weighted by Crippen LogP contribution is 2.48. The SMILES string of the molecule is CO[C@H]1/C=C/O[C@@]2(C)Oc3c(C)c(=O)c4c(O)c(c5oc6cc(OCCNCCCC(C)(C)C)ccc6nc5c4c3C2=O)NC(=O)/C(C)=C\C=C\[C@H](C)[C@H](O)[C@@H](C)[C@@H](C)[C@@H](C)[C@H](OC(C)=O)[C@@H]1C. The van der Waals surface area contributed by atoms with Gasteiger partial charge in [-0.3, -0.25) is 19.2 Å². The smallest absolute Gasteiger partial charge is 0.312 e. The molecule has 9 atom stereocenters. The molecule has 4 N–H and O–H groups in total. The second-order valence-corrected chi connectivity index (χ2v) is 20.0. The van der Waals surface area contributed by atoms with Gasteiger partial charge in [-0.1, -0.05) is 73.6 Å². The van der Waals surface area contributed by atoms with Gasteiger partial charge in [0.25, 0.3) is 11.7 Å². The van der Waals surface area contributed by atoms with E-state index >= 15 is 0 Å². The number of ketones is 1. The van der Waals surface area contributed by atoms with Crippen LogP contribution in [0.15, 0.2) is 63.6 Å². The molecule has 68 heavy (non-hydrogen) atoms. The minimum atomic E-state index is -2.01. The Kier molecular flexibility index (Phi) is 15.8. The zero-order chi connectivity index (χ0) is 50.0. The predicted molar refractivity (Wildman–Crippen MR) is 262 cm³/mol. The first-order valence-corrected chi connectivity index (χ1v) is 23.6. The van der Waals surface area contributed by atoms with Crippen LogP contribution < -0.4 is 25.5 Å². The molecule has 2 aliphatic heterocycles. The summed E-state index contributed by atoms with van der Waals surface area (Å²) in [5, 5.41) is 29.6. The molecule has 3 aromatic carbocycles. The van der Waals surface area contributed by atoms with Crippen molar-refractivity contribution < 1.29 is 52.7 Å². The Morgan fingerprint density at radius 1 is 0.985 bits per heavy atom. The minimum Gasteiger partial charge on any atom is -0.505 e. The van der Waals surface area contributed by atoms with Crippen LogP contribution in [0.25, 0.3) is 33.0 Å². The van der Waals surface area contributed by atoms with E-state index in [2.05, 4.69) is 31.4 Å². The van der Waals surface area contributed by atoms with Crippen LogP contribution in [0.1, 0.15) is 105 Å². The molecule has 4 aromatic rings. The summed E-state index contributed by atoms with van der Waals surface area (Å²) in [6, 6.07) is 5.06. The van der Waals surface area contributed by atoms with Crippen molar-refractivity contribution in [3.8, 4) is 17.2 Å². The van der Waals surface area contributed by atoms with Gasteiger partial charge in [0.1, 0.15) is 40.9 Å². The summed E-state index contributed by atoms with van der Waals surface area (Å²) >= 11 is 0.